The first kappa shape index (κ1) is 14.7. The topological polar surface area (TPSA) is 31.0 Å². The minimum absolute atomic E-state index is 0.0377. The Labute approximate surface area is 132 Å². The summed E-state index contributed by atoms with van der Waals surface area (Å²) < 4.78 is 19.0. The molecular weight excluding hydrogens is 276 g/mol. The maximum absolute atomic E-state index is 6.57. The molecule has 120 valence electrons. The predicted octanol–water partition coefficient (Wildman–Crippen LogP) is 3.63. The maximum Gasteiger partial charge on any atom is 0.149 e. The van der Waals surface area contributed by atoms with Gasteiger partial charge in [-0.3, -0.25) is 0 Å². The lowest BCUT2D eigenvalue weighted by Gasteiger charge is -2.38. The molecule has 0 unspecified atom stereocenters. The van der Waals surface area contributed by atoms with Crippen LogP contribution in [0.5, 0.6) is 0 Å². The molecule has 2 bridgehead atoms. The van der Waals surface area contributed by atoms with Crippen molar-refractivity contribution in [1.82, 2.24) is 0 Å². The second kappa shape index (κ2) is 4.56. The van der Waals surface area contributed by atoms with Gasteiger partial charge in [0, 0.05) is 0 Å². The molecule has 3 aliphatic rings. The van der Waals surface area contributed by atoms with Crippen LogP contribution in [0, 0.1) is 12.8 Å². The molecule has 3 nitrogen and oxygen atoms in total. The van der Waals surface area contributed by atoms with Gasteiger partial charge < -0.3 is 14.2 Å². The van der Waals surface area contributed by atoms with Gasteiger partial charge in [-0.25, -0.2) is 0 Å². The molecule has 0 N–H and O–H groups in total. The fourth-order valence-electron chi connectivity index (χ4n) is 4.77. The van der Waals surface area contributed by atoms with E-state index in [2.05, 4.69) is 52.0 Å². The number of epoxide rings is 1. The van der Waals surface area contributed by atoms with Crippen LogP contribution in [0.1, 0.15) is 44.7 Å². The number of hydrogen-bond donors (Lipinski definition) is 0. The van der Waals surface area contributed by atoms with Gasteiger partial charge in [0.05, 0.1) is 18.8 Å². The van der Waals surface area contributed by atoms with Gasteiger partial charge in [-0.1, -0.05) is 38.1 Å². The summed E-state index contributed by atoms with van der Waals surface area (Å²) in [7, 11) is 0. The first-order chi connectivity index (χ1) is 10.4. The Morgan fingerprint density at radius 1 is 1.27 bits per heavy atom. The first-order valence-electron chi connectivity index (χ1n) is 8.44. The van der Waals surface area contributed by atoms with E-state index in [9.17, 15) is 0 Å². The Kier molecular flexibility index (Phi) is 3.04. The Bertz CT molecular complexity index is 592. The van der Waals surface area contributed by atoms with Crippen LogP contribution in [0.2, 0.25) is 0 Å². The second-order valence-corrected chi connectivity index (χ2v) is 7.75. The number of ether oxygens (including phenoxy) is 3. The van der Waals surface area contributed by atoms with Crippen LogP contribution in [-0.2, 0) is 20.8 Å². The van der Waals surface area contributed by atoms with Gasteiger partial charge in [0.15, 0.2) is 0 Å². The van der Waals surface area contributed by atoms with E-state index in [1.807, 2.05) is 0 Å². The smallest absolute Gasteiger partial charge is 0.149 e. The lowest BCUT2D eigenvalue weighted by molar-refractivity contribution is -0.0962. The third kappa shape index (κ3) is 1.73. The van der Waals surface area contributed by atoms with Crippen LogP contribution >= 0.6 is 0 Å². The fraction of sp³-hybridized carbons (Fsp3) is 0.684. The lowest BCUT2D eigenvalue weighted by atomic mass is 9.68. The molecule has 1 spiro atoms. The summed E-state index contributed by atoms with van der Waals surface area (Å²) in [5.74, 6) is 0.448. The summed E-state index contributed by atoms with van der Waals surface area (Å²) in [6.07, 6.45) is 2.19. The minimum Gasteiger partial charge on any atom is -0.367 e. The molecular formula is C19H26O3. The van der Waals surface area contributed by atoms with Crippen LogP contribution in [0.25, 0.3) is 0 Å². The fourth-order valence-corrected chi connectivity index (χ4v) is 4.77. The van der Waals surface area contributed by atoms with Crippen LogP contribution < -0.4 is 0 Å². The lowest BCUT2D eigenvalue weighted by Crippen LogP contribution is -2.54. The third-order valence-electron chi connectivity index (χ3n) is 6.16. The second-order valence-electron chi connectivity index (χ2n) is 7.75. The molecule has 0 amide bonds. The van der Waals surface area contributed by atoms with Crippen molar-refractivity contribution in [2.24, 2.45) is 5.92 Å². The van der Waals surface area contributed by atoms with Gasteiger partial charge in [-0.2, -0.15) is 0 Å². The molecule has 3 saturated heterocycles. The molecule has 3 heteroatoms. The summed E-state index contributed by atoms with van der Waals surface area (Å²) in [4.78, 5) is 0. The molecule has 3 aliphatic heterocycles. The summed E-state index contributed by atoms with van der Waals surface area (Å²) >= 11 is 0. The predicted molar refractivity (Wildman–Crippen MR) is 84.7 cm³/mol. The standard InChI is InChI=1S/C19H26O3/c1-13(2)18-10-9-17(4,22-18)16(19(18)12-21-19)20-11-15-8-6-5-7-14(15)3/h5-8,13,16H,9-12H2,1-4H3/t16-,17-,18-,19+/m0/s1. The highest BCUT2D eigenvalue weighted by atomic mass is 16.7. The molecule has 0 aliphatic carbocycles. The highest BCUT2D eigenvalue weighted by Gasteiger charge is 2.81. The molecule has 4 atom stereocenters. The molecule has 4 rings (SSSR count). The van der Waals surface area contributed by atoms with Gasteiger partial charge in [0.25, 0.3) is 0 Å². The van der Waals surface area contributed by atoms with Crippen molar-refractivity contribution in [2.45, 2.75) is 70.1 Å². The van der Waals surface area contributed by atoms with Crippen LogP contribution in [0.4, 0.5) is 0 Å². The average Bonchev–Trinajstić information content (AvgIpc) is 3.13. The maximum atomic E-state index is 6.57. The Morgan fingerprint density at radius 2 is 2.00 bits per heavy atom. The van der Waals surface area contributed by atoms with Gasteiger partial charge in [0.1, 0.15) is 17.3 Å². The van der Waals surface area contributed by atoms with Gasteiger partial charge in [-0.05, 0) is 43.7 Å². The quantitative estimate of drug-likeness (QED) is 0.796. The summed E-state index contributed by atoms with van der Waals surface area (Å²) in [5, 5.41) is 0. The molecule has 0 aromatic heterocycles. The molecule has 1 aromatic rings. The molecule has 0 saturated carbocycles. The van der Waals surface area contributed by atoms with Crippen LogP contribution in [0.15, 0.2) is 24.3 Å². The third-order valence-corrected chi connectivity index (χ3v) is 6.16. The number of aryl methyl sites for hydroxylation is 1. The van der Waals surface area contributed by atoms with E-state index in [1.54, 1.807) is 0 Å². The van der Waals surface area contributed by atoms with Crippen LogP contribution in [0.3, 0.4) is 0 Å². The summed E-state index contributed by atoms with van der Waals surface area (Å²) in [6, 6.07) is 8.42. The SMILES string of the molecule is Cc1ccccc1CO[C@H]1[C@]2(C)CC[C@@](C(C)C)(O2)[C@@]12CO2. The first-order valence-corrected chi connectivity index (χ1v) is 8.44. The number of hydrogen-bond acceptors (Lipinski definition) is 3. The van der Waals surface area contributed by atoms with E-state index >= 15 is 0 Å². The Balaban J connectivity index is 1.59. The normalized spacial score (nSPS) is 42.5. The van der Waals surface area contributed by atoms with Crippen molar-refractivity contribution in [3.05, 3.63) is 35.4 Å². The van der Waals surface area contributed by atoms with E-state index in [0.717, 1.165) is 19.4 Å². The summed E-state index contributed by atoms with van der Waals surface area (Å²) in [5.41, 5.74) is 1.96. The van der Waals surface area contributed by atoms with Crippen molar-refractivity contribution in [1.29, 1.82) is 0 Å². The molecule has 1 aromatic carbocycles. The van der Waals surface area contributed by atoms with E-state index in [0.29, 0.717) is 12.5 Å². The van der Waals surface area contributed by atoms with E-state index in [-0.39, 0.29) is 22.9 Å². The zero-order valence-electron chi connectivity index (χ0n) is 14.0. The van der Waals surface area contributed by atoms with E-state index < -0.39 is 0 Å². The van der Waals surface area contributed by atoms with Gasteiger partial charge in [-0.15, -0.1) is 0 Å². The average molecular weight is 302 g/mol. The van der Waals surface area contributed by atoms with Crippen molar-refractivity contribution < 1.29 is 14.2 Å². The van der Waals surface area contributed by atoms with Crippen molar-refractivity contribution in [3.8, 4) is 0 Å². The van der Waals surface area contributed by atoms with Crippen molar-refractivity contribution >= 4 is 0 Å². The van der Waals surface area contributed by atoms with Crippen molar-refractivity contribution in [3.63, 3.8) is 0 Å². The number of rotatable bonds is 4. The zero-order valence-corrected chi connectivity index (χ0v) is 14.0. The molecule has 3 fully saturated rings. The Morgan fingerprint density at radius 3 is 2.64 bits per heavy atom. The van der Waals surface area contributed by atoms with Crippen LogP contribution in [-0.4, -0.2) is 29.5 Å². The minimum atomic E-state index is -0.211. The monoisotopic (exact) mass is 302 g/mol. The number of benzene rings is 1. The molecule has 22 heavy (non-hydrogen) atoms. The highest BCUT2D eigenvalue weighted by molar-refractivity contribution is 5.30. The van der Waals surface area contributed by atoms with E-state index in [1.165, 1.54) is 11.1 Å². The highest BCUT2D eigenvalue weighted by Crippen LogP contribution is 2.66. The van der Waals surface area contributed by atoms with E-state index in [4.69, 9.17) is 14.2 Å². The Hall–Kier alpha value is -0.900. The van der Waals surface area contributed by atoms with Gasteiger partial charge in [0.2, 0.25) is 0 Å². The summed E-state index contributed by atoms with van der Waals surface area (Å²) in [6.45, 7) is 10.2. The largest absolute Gasteiger partial charge is 0.367 e. The molecule has 0 radical (unpaired) electrons. The number of fused-ring (bicyclic) bond motifs is 3. The zero-order chi connectivity index (χ0) is 15.6. The van der Waals surface area contributed by atoms with Gasteiger partial charge >= 0.3 is 0 Å². The van der Waals surface area contributed by atoms with Crippen molar-refractivity contribution in [2.75, 3.05) is 6.61 Å². The molecule has 3 heterocycles.